The third-order valence-electron chi connectivity index (χ3n) is 2.05. The van der Waals surface area contributed by atoms with Crippen molar-refractivity contribution in [2.24, 2.45) is 0 Å². The lowest BCUT2D eigenvalue weighted by molar-refractivity contribution is -0.137. The number of carboxylic acids is 1. The van der Waals surface area contributed by atoms with Gasteiger partial charge in [-0.05, 0) is 19.8 Å². The van der Waals surface area contributed by atoms with Gasteiger partial charge in [0.15, 0.2) is 5.82 Å². The predicted molar refractivity (Wildman–Crippen MR) is 62.3 cm³/mol. The molecule has 1 aromatic rings. The number of urea groups is 1. The molecule has 0 saturated heterocycles. The van der Waals surface area contributed by atoms with Crippen molar-refractivity contribution in [2.75, 3.05) is 5.32 Å². The molecule has 0 fully saturated rings. The molecule has 0 atom stereocenters. The van der Waals surface area contributed by atoms with Crippen LogP contribution in [0.15, 0.2) is 4.52 Å². The minimum Gasteiger partial charge on any atom is -0.481 e. The van der Waals surface area contributed by atoms with Crippen LogP contribution >= 0.6 is 0 Å². The van der Waals surface area contributed by atoms with Crippen LogP contribution in [0.5, 0.6) is 0 Å². The van der Waals surface area contributed by atoms with Gasteiger partial charge < -0.3 is 9.63 Å². The molecule has 9 nitrogen and oxygen atoms in total. The molecular formula is C10H14N4O5. The van der Waals surface area contributed by atoms with Gasteiger partial charge in [-0.3, -0.25) is 20.2 Å². The number of rotatable bonds is 6. The molecule has 0 aliphatic rings. The van der Waals surface area contributed by atoms with E-state index < -0.39 is 17.9 Å². The Morgan fingerprint density at radius 3 is 2.53 bits per heavy atom. The molecule has 104 valence electrons. The van der Waals surface area contributed by atoms with E-state index in [0.29, 0.717) is 18.7 Å². The molecule has 0 aliphatic heterocycles. The second kappa shape index (κ2) is 7.09. The fourth-order valence-electron chi connectivity index (χ4n) is 1.23. The molecule has 3 N–H and O–H groups in total. The SMILES string of the molecule is Cc1noc(NC(=O)NC(=O)CCCCC(=O)O)n1. The van der Waals surface area contributed by atoms with Crippen molar-refractivity contribution in [3.63, 3.8) is 0 Å². The second-order valence-electron chi connectivity index (χ2n) is 3.75. The summed E-state index contributed by atoms with van der Waals surface area (Å²) in [6.45, 7) is 1.58. The summed E-state index contributed by atoms with van der Waals surface area (Å²) in [6, 6.07) is -0.874. The zero-order valence-corrected chi connectivity index (χ0v) is 10.3. The highest BCUT2D eigenvalue weighted by Gasteiger charge is 2.11. The first-order valence-electron chi connectivity index (χ1n) is 5.60. The van der Waals surface area contributed by atoms with Gasteiger partial charge in [0.25, 0.3) is 0 Å². The number of carbonyl (C=O) groups is 3. The lowest BCUT2D eigenvalue weighted by Gasteiger charge is -2.02. The summed E-state index contributed by atoms with van der Waals surface area (Å²) in [5.41, 5.74) is 0. The van der Waals surface area contributed by atoms with Crippen LogP contribution in [0.3, 0.4) is 0 Å². The number of carboxylic acid groups (broad SMARTS) is 1. The quantitative estimate of drug-likeness (QED) is 0.646. The highest BCUT2D eigenvalue weighted by atomic mass is 16.5. The van der Waals surface area contributed by atoms with Gasteiger partial charge in [-0.1, -0.05) is 5.16 Å². The van der Waals surface area contributed by atoms with E-state index in [2.05, 4.69) is 25.3 Å². The van der Waals surface area contributed by atoms with Gasteiger partial charge in [0.1, 0.15) is 0 Å². The Morgan fingerprint density at radius 2 is 1.95 bits per heavy atom. The van der Waals surface area contributed by atoms with Gasteiger partial charge in [-0.2, -0.15) is 4.98 Å². The van der Waals surface area contributed by atoms with Crippen molar-refractivity contribution < 1.29 is 24.0 Å². The van der Waals surface area contributed by atoms with Crippen LogP contribution in [-0.4, -0.2) is 33.2 Å². The maximum Gasteiger partial charge on any atom is 0.329 e. The molecule has 0 saturated carbocycles. The van der Waals surface area contributed by atoms with Crippen LogP contribution in [0, 0.1) is 6.92 Å². The number of nitrogens with zero attached hydrogens (tertiary/aromatic N) is 2. The largest absolute Gasteiger partial charge is 0.481 e. The number of aliphatic carboxylic acids is 1. The first-order valence-corrected chi connectivity index (χ1v) is 5.60. The van der Waals surface area contributed by atoms with Crippen molar-refractivity contribution >= 4 is 23.9 Å². The van der Waals surface area contributed by atoms with E-state index in [4.69, 9.17) is 5.11 Å². The Balaban J connectivity index is 2.21. The smallest absolute Gasteiger partial charge is 0.329 e. The number of aromatic nitrogens is 2. The monoisotopic (exact) mass is 270 g/mol. The van der Waals surface area contributed by atoms with E-state index in [1.54, 1.807) is 6.92 Å². The number of aryl methyl sites for hydroxylation is 1. The molecule has 1 rings (SSSR count). The molecule has 1 heterocycles. The van der Waals surface area contributed by atoms with Gasteiger partial charge in [0.2, 0.25) is 5.91 Å². The predicted octanol–water partition coefficient (Wildman–Crippen LogP) is 0.671. The van der Waals surface area contributed by atoms with E-state index in [0.717, 1.165) is 0 Å². The summed E-state index contributed by atoms with van der Waals surface area (Å²) in [6.07, 6.45) is 0.850. The molecule has 19 heavy (non-hydrogen) atoms. The topological polar surface area (TPSA) is 134 Å². The van der Waals surface area contributed by atoms with Crippen molar-refractivity contribution in [1.29, 1.82) is 0 Å². The minimum atomic E-state index is -0.912. The van der Waals surface area contributed by atoms with Gasteiger partial charge in [-0.15, -0.1) is 0 Å². The van der Waals surface area contributed by atoms with Crippen LogP contribution in [0.2, 0.25) is 0 Å². The Morgan fingerprint density at radius 1 is 1.26 bits per heavy atom. The number of anilines is 1. The lowest BCUT2D eigenvalue weighted by atomic mass is 10.2. The average molecular weight is 270 g/mol. The summed E-state index contributed by atoms with van der Waals surface area (Å²) in [5, 5.41) is 16.1. The van der Waals surface area contributed by atoms with Crippen LogP contribution < -0.4 is 10.6 Å². The fraction of sp³-hybridized carbons (Fsp3) is 0.500. The summed E-state index contributed by atoms with van der Waals surface area (Å²) in [7, 11) is 0. The Kier molecular flexibility index (Phi) is 5.45. The van der Waals surface area contributed by atoms with E-state index in [1.165, 1.54) is 0 Å². The van der Waals surface area contributed by atoms with Crippen molar-refractivity contribution in [3.05, 3.63) is 5.82 Å². The Bertz CT molecular complexity index is 470. The third kappa shape index (κ3) is 6.15. The van der Waals surface area contributed by atoms with Crippen LogP contribution in [-0.2, 0) is 9.59 Å². The third-order valence-corrected chi connectivity index (χ3v) is 2.05. The Hall–Kier alpha value is -2.45. The lowest BCUT2D eigenvalue weighted by Crippen LogP contribution is -2.34. The van der Waals surface area contributed by atoms with Crippen molar-refractivity contribution in [3.8, 4) is 0 Å². The van der Waals surface area contributed by atoms with Gasteiger partial charge in [0, 0.05) is 12.8 Å². The van der Waals surface area contributed by atoms with Crippen molar-refractivity contribution in [1.82, 2.24) is 15.5 Å². The van der Waals surface area contributed by atoms with E-state index in [9.17, 15) is 14.4 Å². The van der Waals surface area contributed by atoms with Crippen LogP contribution in [0.25, 0.3) is 0 Å². The minimum absolute atomic E-state index is 0.000732. The number of imide groups is 1. The maximum atomic E-state index is 11.3. The fourth-order valence-corrected chi connectivity index (χ4v) is 1.23. The molecule has 0 aliphatic carbocycles. The molecule has 9 heteroatoms. The molecule has 0 spiro atoms. The molecule has 0 aromatic carbocycles. The van der Waals surface area contributed by atoms with Gasteiger partial charge >= 0.3 is 18.0 Å². The van der Waals surface area contributed by atoms with E-state index in [1.807, 2.05) is 0 Å². The number of nitrogens with one attached hydrogen (secondary N) is 2. The molecule has 3 amide bonds. The normalized spacial score (nSPS) is 9.95. The number of carbonyl (C=O) groups excluding carboxylic acids is 2. The standard InChI is InChI=1S/C10H14N4O5/c1-6-11-10(19-14-6)13-9(18)12-7(15)4-2-3-5-8(16)17/h2-5H2,1H3,(H,16,17)(H2,11,12,13,14,15,18). The molecule has 1 aromatic heterocycles. The summed E-state index contributed by atoms with van der Waals surface area (Å²) in [4.78, 5) is 36.6. The zero-order valence-electron chi connectivity index (χ0n) is 10.3. The van der Waals surface area contributed by atoms with E-state index in [-0.39, 0.29) is 18.9 Å². The van der Waals surface area contributed by atoms with Gasteiger partial charge in [-0.25, -0.2) is 4.79 Å². The highest BCUT2D eigenvalue weighted by Crippen LogP contribution is 2.02. The molecular weight excluding hydrogens is 256 g/mol. The number of amides is 3. The molecule has 0 bridgehead atoms. The summed E-state index contributed by atoms with van der Waals surface area (Å²) >= 11 is 0. The number of hydrogen-bond acceptors (Lipinski definition) is 6. The number of hydrogen-bond donors (Lipinski definition) is 3. The average Bonchev–Trinajstić information content (AvgIpc) is 2.69. The van der Waals surface area contributed by atoms with Gasteiger partial charge in [0.05, 0.1) is 0 Å². The Labute approximate surface area is 108 Å². The zero-order chi connectivity index (χ0) is 14.3. The number of unbranched alkanes of at least 4 members (excludes halogenated alkanes) is 1. The summed E-state index contributed by atoms with van der Waals surface area (Å²) in [5.74, 6) is -1.06. The van der Waals surface area contributed by atoms with Crippen LogP contribution in [0.4, 0.5) is 10.8 Å². The maximum absolute atomic E-state index is 11.3. The van der Waals surface area contributed by atoms with E-state index >= 15 is 0 Å². The van der Waals surface area contributed by atoms with Crippen LogP contribution in [0.1, 0.15) is 31.5 Å². The highest BCUT2D eigenvalue weighted by molar-refractivity contribution is 6.00. The first-order chi connectivity index (χ1) is 8.97. The summed E-state index contributed by atoms with van der Waals surface area (Å²) < 4.78 is 4.63. The first kappa shape index (κ1) is 14.6. The van der Waals surface area contributed by atoms with Crippen molar-refractivity contribution in [2.45, 2.75) is 32.6 Å². The molecule has 0 radical (unpaired) electrons. The molecule has 0 unspecified atom stereocenters. The second-order valence-corrected chi connectivity index (χ2v) is 3.75.